The van der Waals surface area contributed by atoms with Gasteiger partial charge in [0.2, 0.25) is 5.76 Å². The summed E-state index contributed by atoms with van der Waals surface area (Å²) in [5.41, 5.74) is 1.33. The van der Waals surface area contributed by atoms with Crippen molar-refractivity contribution in [2.24, 2.45) is 0 Å². The maximum atomic E-state index is 12.7. The smallest absolute Gasteiger partial charge is 0.276 e. The van der Waals surface area contributed by atoms with Gasteiger partial charge in [-0.25, -0.2) is 0 Å². The van der Waals surface area contributed by atoms with Crippen LogP contribution >= 0.6 is 11.3 Å². The summed E-state index contributed by atoms with van der Waals surface area (Å²) in [4.78, 5) is 14.4. The molecule has 0 atom stereocenters. The number of amides is 1. The number of hydrogen-bond acceptors (Lipinski definition) is 6. The average molecular weight is 332 g/mol. The van der Waals surface area contributed by atoms with E-state index >= 15 is 0 Å². The summed E-state index contributed by atoms with van der Waals surface area (Å²) in [6.45, 7) is 1.45. The normalized spacial score (nSPS) is 10.8. The van der Waals surface area contributed by atoms with Crippen molar-refractivity contribution in [1.82, 2.24) is 10.1 Å². The predicted octanol–water partition coefficient (Wildman–Crippen LogP) is 3.28. The van der Waals surface area contributed by atoms with Crippen molar-refractivity contribution in [3.63, 3.8) is 0 Å². The van der Waals surface area contributed by atoms with Crippen LogP contribution in [0.1, 0.15) is 16.1 Å². The van der Waals surface area contributed by atoms with E-state index in [0.717, 1.165) is 5.56 Å². The monoisotopic (exact) mass is 332 g/mol. The summed E-state index contributed by atoms with van der Waals surface area (Å²) >= 11 is 1.60. The summed E-state index contributed by atoms with van der Waals surface area (Å²) in [7, 11) is 1.61. The SMILES string of the molecule is COCCN(Cc1ccsc1)C(=O)c1cc(-c2ccco2)on1. The minimum absolute atomic E-state index is 0.199. The molecule has 120 valence electrons. The summed E-state index contributed by atoms with van der Waals surface area (Å²) in [6.07, 6.45) is 1.54. The molecule has 3 rings (SSSR count). The van der Waals surface area contributed by atoms with Crippen LogP contribution < -0.4 is 0 Å². The molecule has 23 heavy (non-hydrogen) atoms. The topological polar surface area (TPSA) is 68.7 Å². The summed E-state index contributed by atoms with van der Waals surface area (Å²) < 4.78 is 15.5. The van der Waals surface area contributed by atoms with Gasteiger partial charge < -0.3 is 18.6 Å². The van der Waals surface area contributed by atoms with E-state index < -0.39 is 0 Å². The second kappa shape index (κ2) is 7.26. The van der Waals surface area contributed by atoms with Crippen molar-refractivity contribution < 1.29 is 18.5 Å². The number of carbonyl (C=O) groups excluding carboxylic acids is 1. The second-order valence-corrected chi connectivity index (χ2v) is 5.68. The lowest BCUT2D eigenvalue weighted by atomic mass is 10.2. The number of rotatable bonds is 7. The molecule has 0 aromatic carbocycles. The standard InChI is InChI=1S/C16H16N2O4S/c1-20-7-5-18(10-12-4-8-23-11-12)16(19)13-9-15(22-17-13)14-3-2-6-21-14/h2-4,6,8-9,11H,5,7,10H2,1H3. The number of hydrogen-bond donors (Lipinski definition) is 0. The molecule has 0 aliphatic carbocycles. The fraction of sp³-hybridized carbons (Fsp3) is 0.250. The minimum atomic E-state index is -0.199. The Morgan fingerprint density at radius 1 is 1.39 bits per heavy atom. The number of ether oxygens (including phenoxy) is 1. The highest BCUT2D eigenvalue weighted by Gasteiger charge is 2.21. The molecule has 0 bridgehead atoms. The molecule has 0 radical (unpaired) electrons. The van der Waals surface area contributed by atoms with Gasteiger partial charge in [-0.1, -0.05) is 5.16 Å². The van der Waals surface area contributed by atoms with Crippen LogP contribution in [0, 0.1) is 0 Å². The predicted molar refractivity (Wildman–Crippen MR) is 85.1 cm³/mol. The molecular formula is C16H16N2O4S. The first-order valence-corrected chi connectivity index (χ1v) is 8.02. The maximum absolute atomic E-state index is 12.7. The lowest BCUT2D eigenvalue weighted by Gasteiger charge is -2.20. The van der Waals surface area contributed by atoms with E-state index in [1.54, 1.807) is 47.8 Å². The molecular weight excluding hydrogens is 316 g/mol. The van der Waals surface area contributed by atoms with Crippen LogP contribution in [-0.4, -0.2) is 36.2 Å². The van der Waals surface area contributed by atoms with E-state index in [2.05, 4.69) is 5.16 Å². The second-order valence-electron chi connectivity index (χ2n) is 4.90. The lowest BCUT2D eigenvalue weighted by Crippen LogP contribution is -2.33. The van der Waals surface area contributed by atoms with Crippen LogP contribution in [0.4, 0.5) is 0 Å². The van der Waals surface area contributed by atoms with Crippen LogP contribution in [0.5, 0.6) is 0 Å². The van der Waals surface area contributed by atoms with Crippen LogP contribution in [0.2, 0.25) is 0 Å². The average Bonchev–Trinajstić information content (AvgIpc) is 3.32. The summed E-state index contributed by atoms with van der Waals surface area (Å²) in [6, 6.07) is 7.09. The Labute approximate surface area is 137 Å². The van der Waals surface area contributed by atoms with Crippen LogP contribution in [0.25, 0.3) is 11.5 Å². The maximum Gasteiger partial charge on any atom is 0.276 e. The third-order valence-electron chi connectivity index (χ3n) is 3.30. The van der Waals surface area contributed by atoms with Gasteiger partial charge >= 0.3 is 0 Å². The molecule has 0 unspecified atom stereocenters. The van der Waals surface area contributed by atoms with Gasteiger partial charge in [0.1, 0.15) is 0 Å². The zero-order chi connectivity index (χ0) is 16.1. The number of thiophene rings is 1. The van der Waals surface area contributed by atoms with E-state index in [-0.39, 0.29) is 11.6 Å². The van der Waals surface area contributed by atoms with E-state index in [1.807, 2.05) is 16.8 Å². The van der Waals surface area contributed by atoms with E-state index in [9.17, 15) is 4.79 Å². The Morgan fingerprint density at radius 3 is 3.00 bits per heavy atom. The molecule has 7 heteroatoms. The molecule has 0 N–H and O–H groups in total. The molecule has 0 saturated heterocycles. The quantitative estimate of drug-likeness (QED) is 0.664. The van der Waals surface area contributed by atoms with E-state index in [4.69, 9.17) is 13.7 Å². The van der Waals surface area contributed by atoms with Gasteiger partial charge in [0.05, 0.1) is 12.9 Å². The number of aromatic nitrogens is 1. The van der Waals surface area contributed by atoms with Crippen molar-refractivity contribution in [3.05, 3.63) is 52.5 Å². The molecule has 3 aromatic heterocycles. The van der Waals surface area contributed by atoms with Gasteiger partial charge in [0.15, 0.2) is 11.5 Å². The Balaban J connectivity index is 1.77. The van der Waals surface area contributed by atoms with Crippen LogP contribution in [0.3, 0.4) is 0 Å². The Bertz CT molecular complexity index is 734. The first-order valence-electron chi connectivity index (χ1n) is 7.08. The molecule has 3 heterocycles. The van der Waals surface area contributed by atoms with Crippen LogP contribution in [-0.2, 0) is 11.3 Å². The van der Waals surface area contributed by atoms with Gasteiger partial charge in [0, 0.05) is 26.3 Å². The molecule has 0 spiro atoms. The zero-order valence-electron chi connectivity index (χ0n) is 12.6. The molecule has 0 aliphatic heterocycles. The summed E-state index contributed by atoms with van der Waals surface area (Å²) in [5.74, 6) is 0.771. The van der Waals surface area contributed by atoms with Gasteiger partial charge in [-0.2, -0.15) is 11.3 Å². The Hall–Kier alpha value is -2.38. The number of methoxy groups -OCH3 is 1. The largest absolute Gasteiger partial charge is 0.461 e. The third-order valence-corrected chi connectivity index (χ3v) is 4.03. The fourth-order valence-corrected chi connectivity index (χ4v) is 2.79. The van der Waals surface area contributed by atoms with E-state index in [1.165, 1.54) is 0 Å². The molecule has 1 amide bonds. The highest BCUT2D eigenvalue weighted by atomic mass is 32.1. The molecule has 0 fully saturated rings. The highest BCUT2D eigenvalue weighted by molar-refractivity contribution is 7.07. The third kappa shape index (κ3) is 3.69. The van der Waals surface area contributed by atoms with Crippen molar-refractivity contribution in [1.29, 1.82) is 0 Å². The van der Waals surface area contributed by atoms with Gasteiger partial charge in [-0.15, -0.1) is 0 Å². The van der Waals surface area contributed by atoms with Crippen LogP contribution in [0.15, 0.2) is 50.2 Å². The molecule has 0 saturated carbocycles. The van der Waals surface area contributed by atoms with Gasteiger partial charge in [-0.3, -0.25) is 4.79 Å². The lowest BCUT2D eigenvalue weighted by molar-refractivity contribution is 0.0670. The fourth-order valence-electron chi connectivity index (χ4n) is 2.13. The molecule has 0 aliphatic rings. The highest BCUT2D eigenvalue weighted by Crippen LogP contribution is 2.21. The van der Waals surface area contributed by atoms with Crippen molar-refractivity contribution >= 4 is 17.2 Å². The van der Waals surface area contributed by atoms with Gasteiger partial charge in [-0.05, 0) is 34.5 Å². The van der Waals surface area contributed by atoms with Crippen molar-refractivity contribution in [2.75, 3.05) is 20.3 Å². The molecule has 6 nitrogen and oxygen atoms in total. The number of furan rings is 1. The first kappa shape index (κ1) is 15.5. The first-order chi connectivity index (χ1) is 11.3. The number of nitrogens with zero attached hydrogens (tertiary/aromatic N) is 2. The summed E-state index contributed by atoms with van der Waals surface area (Å²) in [5, 5.41) is 7.87. The van der Waals surface area contributed by atoms with Crippen molar-refractivity contribution in [2.45, 2.75) is 6.54 Å². The van der Waals surface area contributed by atoms with E-state index in [0.29, 0.717) is 31.2 Å². The zero-order valence-corrected chi connectivity index (χ0v) is 13.4. The van der Waals surface area contributed by atoms with Crippen molar-refractivity contribution in [3.8, 4) is 11.5 Å². The Morgan fingerprint density at radius 2 is 2.30 bits per heavy atom. The molecule has 3 aromatic rings. The minimum Gasteiger partial charge on any atom is -0.461 e. The van der Waals surface area contributed by atoms with Gasteiger partial charge in [0.25, 0.3) is 5.91 Å². The Kier molecular flexibility index (Phi) is 4.89. The number of carbonyl (C=O) groups is 1.